The maximum Gasteiger partial charge on any atom is 0.408 e. The van der Waals surface area contributed by atoms with E-state index in [1.807, 2.05) is 0 Å². The topological polar surface area (TPSA) is 121 Å². The van der Waals surface area contributed by atoms with E-state index in [-0.39, 0.29) is 23.7 Å². The van der Waals surface area contributed by atoms with Crippen LogP contribution in [0.1, 0.15) is 47.1 Å². The van der Waals surface area contributed by atoms with Crippen molar-refractivity contribution in [3.8, 4) is 11.8 Å². The van der Waals surface area contributed by atoms with Gasteiger partial charge in [-0.15, -0.1) is 0 Å². The second kappa shape index (κ2) is 7.02. The van der Waals surface area contributed by atoms with E-state index in [2.05, 4.69) is 10.3 Å². The largest absolute Gasteiger partial charge is 0.495 e. The van der Waals surface area contributed by atoms with E-state index in [0.717, 1.165) is 0 Å². The zero-order chi connectivity index (χ0) is 18.7. The fourth-order valence-electron chi connectivity index (χ4n) is 1.86. The number of hydrogen-bond donors (Lipinski definition) is 4. The smallest absolute Gasteiger partial charge is 0.408 e. The van der Waals surface area contributed by atoms with Crippen molar-refractivity contribution in [2.75, 3.05) is 0 Å². The van der Waals surface area contributed by atoms with Gasteiger partial charge in [0.1, 0.15) is 17.2 Å². The van der Waals surface area contributed by atoms with Gasteiger partial charge in [0.15, 0.2) is 11.8 Å². The Labute approximate surface area is 141 Å². The van der Waals surface area contributed by atoms with Gasteiger partial charge >= 0.3 is 12.1 Å². The Morgan fingerprint density at radius 1 is 1.12 bits per heavy atom. The predicted octanol–water partition coefficient (Wildman–Crippen LogP) is 2.20. The summed E-state index contributed by atoms with van der Waals surface area (Å²) >= 11 is 0. The van der Waals surface area contributed by atoms with Crippen LogP contribution >= 0.6 is 0 Å². The molecule has 1 rings (SSSR count). The highest BCUT2D eigenvalue weighted by atomic mass is 16.6. The van der Waals surface area contributed by atoms with E-state index in [0.29, 0.717) is 0 Å². The third-order valence-corrected chi connectivity index (χ3v) is 2.67. The third-order valence-electron chi connectivity index (χ3n) is 2.67. The Balaban J connectivity index is 2.92. The molecule has 4 N–H and O–H groups in total. The number of H-pyrrole nitrogens is 1. The molecule has 0 saturated heterocycles. The van der Waals surface area contributed by atoms with Crippen LogP contribution < -0.4 is 5.32 Å². The molecule has 0 aliphatic rings. The summed E-state index contributed by atoms with van der Waals surface area (Å²) in [6.45, 7) is 10.2. The third kappa shape index (κ3) is 6.80. The average Bonchev–Trinajstić information content (AvgIpc) is 2.62. The summed E-state index contributed by atoms with van der Waals surface area (Å²) in [5, 5.41) is 21.5. The molecule has 24 heavy (non-hydrogen) atoms. The Hall–Kier alpha value is -2.38. The molecule has 0 fully saturated rings. The number of carbonyl (C=O) groups is 2. The Morgan fingerprint density at radius 3 is 2.08 bits per heavy atom. The van der Waals surface area contributed by atoms with Crippen LogP contribution in [0.5, 0.6) is 11.8 Å². The number of carbonyl (C=O) groups excluding carboxylic acids is 2. The number of rotatable bonds is 4. The molecule has 0 aromatic carbocycles. The normalized spacial score (nSPS) is 13.2. The van der Waals surface area contributed by atoms with Gasteiger partial charge in [-0.3, -0.25) is 4.98 Å². The van der Waals surface area contributed by atoms with Crippen LogP contribution in [-0.2, 0) is 20.7 Å². The minimum absolute atomic E-state index is 0.0724. The molecule has 1 amide bonds. The second-order valence-corrected chi connectivity index (χ2v) is 7.46. The van der Waals surface area contributed by atoms with Crippen molar-refractivity contribution >= 4 is 12.1 Å². The van der Waals surface area contributed by atoms with Gasteiger partial charge < -0.3 is 25.0 Å². The lowest BCUT2D eigenvalue weighted by molar-refractivity contribution is -0.157. The minimum Gasteiger partial charge on any atom is -0.495 e. The standard InChI is InChI=1S/C16H26N2O6/c1-15(2,3)23-13(21)10(17-14(22)24-16(4,5)6)7-9-8-11(19)18-12(9)20/h8,10,18-20H,7H2,1-6H3,(H,17,22)/t10-/m0/s1. The van der Waals surface area contributed by atoms with Crippen LogP contribution in [0.2, 0.25) is 0 Å². The first kappa shape index (κ1) is 19.7. The van der Waals surface area contributed by atoms with Crippen molar-refractivity contribution in [3.63, 3.8) is 0 Å². The van der Waals surface area contributed by atoms with E-state index in [9.17, 15) is 19.8 Å². The lowest BCUT2D eigenvalue weighted by Crippen LogP contribution is -2.47. The summed E-state index contributed by atoms with van der Waals surface area (Å²) < 4.78 is 10.4. The molecule has 8 nitrogen and oxygen atoms in total. The van der Waals surface area contributed by atoms with E-state index >= 15 is 0 Å². The number of hydrogen-bond acceptors (Lipinski definition) is 6. The number of aromatic nitrogens is 1. The summed E-state index contributed by atoms with van der Waals surface area (Å²) in [5.41, 5.74) is -1.20. The number of aromatic amines is 1. The van der Waals surface area contributed by atoms with Crippen molar-refractivity contribution in [1.82, 2.24) is 10.3 Å². The van der Waals surface area contributed by atoms with Crippen molar-refractivity contribution in [2.24, 2.45) is 0 Å². The van der Waals surface area contributed by atoms with Gasteiger partial charge in [-0.2, -0.15) is 0 Å². The number of amides is 1. The van der Waals surface area contributed by atoms with Gasteiger partial charge in [-0.05, 0) is 41.5 Å². The highest BCUT2D eigenvalue weighted by Gasteiger charge is 2.30. The Kier molecular flexibility index (Phi) is 5.75. The van der Waals surface area contributed by atoms with Crippen LogP contribution in [0.4, 0.5) is 4.79 Å². The van der Waals surface area contributed by atoms with Crippen molar-refractivity contribution < 1.29 is 29.3 Å². The Bertz CT molecular complexity index is 595. The fraction of sp³-hybridized carbons (Fsp3) is 0.625. The molecule has 136 valence electrons. The van der Waals surface area contributed by atoms with Gasteiger partial charge in [0, 0.05) is 18.1 Å². The molecule has 0 spiro atoms. The minimum atomic E-state index is -1.08. The number of alkyl carbamates (subject to hydrolysis) is 1. The fourth-order valence-corrected chi connectivity index (χ4v) is 1.86. The maximum atomic E-state index is 12.3. The SMILES string of the molecule is CC(C)(C)OC(=O)N[C@@H](Cc1cc(O)[nH]c1O)C(=O)OC(C)(C)C. The van der Waals surface area contributed by atoms with Gasteiger partial charge in [0.25, 0.3) is 0 Å². The van der Waals surface area contributed by atoms with E-state index in [1.165, 1.54) is 6.07 Å². The molecule has 1 aromatic rings. The van der Waals surface area contributed by atoms with Crippen LogP contribution in [0, 0.1) is 0 Å². The summed E-state index contributed by atoms with van der Waals surface area (Å²) in [7, 11) is 0. The monoisotopic (exact) mass is 342 g/mol. The first-order chi connectivity index (χ1) is 10.8. The summed E-state index contributed by atoms with van der Waals surface area (Å²) in [4.78, 5) is 26.6. The molecule has 1 aromatic heterocycles. The maximum absolute atomic E-state index is 12.3. The zero-order valence-electron chi connectivity index (χ0n) is 14.9. The zero-order valence-corrected chi connectivity index (χ0v) is 14.9. The number of aromatic hydroxyl groups is 2. The quantitative estimate of drug-likeness (QED) is 0.623. The molecule has 0 aliphatic carbocycles. The molecular weight excluding hydrogens is 316 g/mol. The molecule has 0 aliphatic heterocycles. The van der Waals surface area contributed by atoms with Crippen LogP contribution in [0.25, 0.3) is 0 Å². The van der Waals surface area contributed by atoms with E-state index < -0.39 is 29.3 Å². The number of ether oxygens (including phenoxy) is 2. The van der Waals surface area contributed by atoms with Crippen molar-refractivity contribution in [1.29, 1.82) is 0 Å². The molecule has 1 heterocycles. The predicted molar refractivity (Wildman–Crippen MR) is 86.8 cm³/mol. The van der Waals surface area contributed by atoms with Crippen LogP contribution in [0.15, 0.2) is 6.07 Å². The summed E-state index contributed by atoms with van der Waals surface area (Å²) in [5.74, 6) is -1.21. The molecule has 0 bridgehead atoms. The first-order valence-electron chi connectivity index (χ1n) is 7.59. The van der Waals surface area contributed by atoms with Gasteiger partial charge in [0.2, 0.25) is 0 Å². The lowest BCUT2D eigenvalue weighted by Gasteiger charge is -2.26. The highest BCUT2D eigenvalue weighted by molar-refractivity contribution is 5.82. The van der Waals surface area contributed by atoms with Gasteiger partial charge in [-0.25, -0.2) is 9.59 Å². The Morgan fingerprint density at radius 2 is 1.67 bits per heavy atom. The number of nitrogens with one attached hydrogen (secondary N) is 2. The highest BCUT2D eigenvalue weighted by Crippen LogP contribution is 2.23. The molecule has 0 unspecified atom stereocenters. The molecule has 8 heteroatoms. The molecule has 1 atom stereocenters. The second-order valence-electron chi connectivity index (χ2n) is 7.46. The molecule has 0 saturated carbocycles. The van der Waals surface area contributed by atoms with Crippen molar-refractivity contribution in [2.45, 2.75) is 65.2 Å². The van der Waals surface area contributed by atoms with Gasteiger partial charge in [0.05, 0.1) is 0 Å². The molecular formula is C16H26N2O6. The summed E-state index contributed by atoms with van der Waals surface area (Å²) in [6, 6.07) is 0.184. The first-order valence-corrected chi connectivity index (χ1v) is 7.59. The number of esters is 1. The average molecular weight is 342 g/mol. The van der Waals surface area contributed by atoms with Crippen LogP contribution in [0.3, 0.4) is 0 Å². The van der Waals surface area contributed by atoms with E-state index in [4.69, 9.17) is 9.47 Å². The molecule has 0 radical (unpaired) electrons. The van der Waals surface area contributed by atoms with Crippen molar-refractivity contribution in [3.05, 3.63) is 11.6 Å². The lowest BCUT2D eigenvalue weighted by atomic mass is 10.1. The van der Waals surface area contributed by atoms with E-state index in [1.54, 1.807) is 41.5 Å². The summed E-state index contributed by atoms with van der Waals surface area (Å²) in [6.07, 6.45) is -0.852. The van der Waals surface area contributed by atoms with Gasteiger partial charge in [-0.1, -0.05) is 0 Å². The van der Waals surface area contributed by atoms with Crippen LogP contribution in [-0.4, -0.2) is 44.5 Å².